The van der Waals surface area contributed by atoms with Crippen LogP contribution in [0.3, 0.4) is 0 Å². The molecule has 0 unspecified atom stereocenters. The van der Waals surface area contributed by atoms with Crippen molar-refractivity contribution in [1.82, 2.24) is 4.98 Å². The summed E-state index contributed by atoms with van der Waals surface area (Å²) in [6.07, 6.45) is 0.968. The number of nitrogens with zero attached hydrogens (tertiary/aromatic N) is 1. The summed E-state index contributed by atoms with van der Waals surface area (Å²) in [6.45, 7) is 1.61. The Bertz CT molecular complexity index is 262. The van der Waals surface area contributed by atoms with Gasteiger partial charge < -0.3 is 16.6 Å². The lowest BCUT2D eigenvalue weighted by molar-refractivity contribution is 0.163. The zero-order valence-corrected chi connectivity index (χ0v) is 6.94. The molecule has 0 aliphatic rings. The SMILES string of the molecule is C[C@@H](O)[C@@H](N)c1ncccc1N. The average Bonchev–Trinajstić information content (AvgIpc) is 2.04. The van der Waals surface area contributed by atoms with Crippen molar-refractivity contribution in [2.75, 3.05) is 5.73 Å². The van der Waals surface area contributed by atoms with Crippen LogP contribution >= 0.6 is 0 Å². The van der Waals surface area contributed by atoms with Crippen LogP contribution in [0, 0.1) is 0 Å². The monoisotopic (exact) mass is 167 g/mol. The van der Waals surface area contributed by atoms with Crippen molar-refractivity contribution in [3.05, 3.63) is 24.0 Å². The van der Waals surface area contributed by atoms with Crippen LogP contribution in [0.1, 0.15) is 18.7 Å². The van der Waals surface area contributed by atoms with Crippen LogP contribution in [0.15, 0.2) is 18.3 Å². The Labute approximate surface area is 71.2 Å². The first-order valence-corrected chi connectivity index (χ1v) is 3.77. The predicted molar refractivity (Wildman–Crippen MR) is 47.3 cm³/mol. The molecule has 0 saturated heterocycles. The average molecular weight is 167 g/mol. The molecule has 0 bridgehead atoms. The number of anilines is 1. The largest absolute Gasteiger partial charge is 0.397 e. The Morgan fingerprint density at radius 1 is 1.58 bits per heavy atom. The number of nitrogens with two attached hydrogens (primary N) is 2. The van der Waals surface area contributed by atoms with Crippen molar-refractivity contribution < 1.29 is 5.11 Å². The van der Waals surface area contributed by atoms with E-state index in [-0.39, 0.29) is 0 Å². The van der Waals surface area contributed by atoms with Crippen LogP contribution < -0.4 is 11.5 Å². The highest BCUT2D eigenvalue weighted by molar-refractivity contribution is 5.43. The van der Waals surface area contributed by atoms with Gasteiger partial charge in [-0.2, -0.15) is 0 Å². The summed E-state index contributed by atoms with van der Waals surface area (Å²) < 4.78 is 0. The van der Waals surface area contributed by atoms with E-state index in [0.29, 0.717) is 11.4 Å². The molecule has 12 heavy (non-hydrogen) atoms. The maximum atomic E-state index is 9.18. The van der Waals surface area contributed by atoms with Crippen LogP contribution in [0.25, 0.3) is 0 Å². The van der Waals surface area contributed by atoms with Crippen molar-refractivity contribution in [1.29, 1.82) is 0 Å². The lowest BCUT2D eigenvalue weighted by Crippen LogP contribution is -2.25. The molecule has 0 aliphatic carbocycles. The highest BCUT2D eigenvalue weighted by atomic mass is 16.3. The summed E-state index contributed by atoms with van der Waals surface area (Å²) >= 11 is 0. The number of aliphatic hydroxyl groups excluding tert-OH is 1. The van der Waals surface area contributed by atoms with Gasteiger partial charge in [-0.1, -0.05) is 0 Å². The molecule has 1 heterocycles. The van der Waals surface area contributed by atoms with Crippen LogP contribution in [0.4, 0.5) is 5.69 Å². The summed E-state index contributed by atoms with van der Waals surface area (Å²) in [6, 6.07) is 2.93. The molecule has 0 amide bonds. The Hall–Kier alpha value is -1.13. The maximum absolute atomic E-state index is 9.18. The highest BCUT2D eigenvalue weighted by Crippen LogP contribution is 2.17. The van der Waals surface area contributed by atoms with Crippen molar-refractivity contribution in [3.8, 4) is 0 Å². The van der Waals surface area contributed by atoms with Gasteiger partial charge in [0.15, 0.2) is 0 Å². The summed E-state index contributed by atoms with van der Waals surface area (Å²) in [5.74, 6) is 0. The minimum Gasteiger partial charge on any atom is -0.397 e. The summed E-state index contributed by atoms with van der Waals surface area (Å²) in [5.41, 5.74) is 12.3. The molecule has 1 aromatic heterocycles. The highest BCUT2D eigenvalue weighted by Gasteiger charge is 2.15. The third-order valence-electron chi connectivity index (χ3n) is 1.71. The van der Waals surface area contributed by atoms with Gasteiger partial charge in [-0.3, -0.25) is 4.98 Å². The number of hydrogen-bond acceptors (Lipinski definition) is 4. The van der Waals surface area contributed by atoms with E-state index in [0.717, 1.165) is 0 Å². The van der Waals surface area contributed by atoms with E-state index < -0.39 is 12.1 Å². The van der Waals surface area contributed by atoms with E-state index in [1.54, 1.807) is 25.3 Å². The molecular weight excluding hydrogens is 154 g/mol. The van der Waals surface area contributed by atoms with Gasteiger partial charge in [-0.05, 0) is 19.1 Å². The maximum Gasteiger partial charge on any atom is 0.0826 e. The molecule has 66 valence electrons. The van der Waals surface area contributed by atoms with Gasteiger partial charge in [-0.15, -0.1) is 0 Å². The van der Waals surface area contributed by atoms with Crippen LogP contribution in [0.2, 0.25) is 0 Å². The van der Waals surface area contributed by atoms with Gasteiger partial charge in [0.1, 0.15) is 0 Å². The van der Waals surface area contributed by atoms with Gasteiger partial charge in [0.25, 0.3) is 0 Å². The van der Waals surface area contributed by atoms with Gasteiger partial charge in [-0.25, -0.2) is 0 Å². The van der Waals surface area contributed by atoms with Gasteiger partial charge in [0.2, 0.25) is 0 Å². The first-order chi connectivity index (χ1) is 5.63. The quantitative estimate of drug-likeness (QED) is 0.580. The molecule has 0 radical (unpaired) electrons. The molecule has 0 aliphatic heterocycles. The molecule has 2 atom stereocenters. The molecule has 0 fully saturated rings. The molecule has 0 saturated carbocycles. The second-order valence-corrected chi connectivity index (χ2v) is 2.74. The molecular formula is C8H13N3O. The van der Waals surface area contributed by atoms with E-state index in [4.69, 9.17) is 11.5 Å². The van der Waals surface area contributed by atoms with E-state index in [9.17, 15) is 5.11 Å². The standard InChI is InChI=1S/C8H13N3O/c1-5(12)7(10)8-6(9)3-2-4-11-8/h2-5,7,12H,9-10H2,1H3/t5-,7-/m1/s1. The van der Waals surface area contributed by atoms with E-state index >= 15 is 0 Å². The number of aromatic nitrogens is 1. The van der Waals surface area contributed by atoms with Crippen LogP contribution in [0.5, 0.6) is 0 Å². The second-order valence-electron chi connectivity index (χ2n) is 2.74. The number of aliphatic hydroxyl groups is 1. The van der Waals surface area contributed by atoms with Crippen LogP contribution in [-0.4, -0.2) is 16.2 Å². The normalized spacial score (nSPS) is 15.6. The van der Waals surface area contributed by atoms with E-state index in [1.165, 1.54) is 0 Å². The Kier molecular flexibility index (Phi) is 2.62. The number of rotatable bonds is 2. The second kappa shape index (κ2) is 3.51. The topological polar surface area (TPSA) is 85.2 Å². The van der Waals surface area contributed by atoms with E-state index in [1.807, 2.05) is 0 Å². The third-order valence-corrected chi connectivity index (χ3v) is 1.71. The zero-order valence-electron chi connectivity index (χ0n) is 6.94. The molecule has 1 aromatic rings. The number of nitrogen functional groups attached to an aromatic ring is 1. The Balaban J connectivity index is 2.94. The molecule has 0 spiro atoms. The molecule has 0 aromatic carbocycles. The first-order valence-electron chi connectivity index (χ1n) is 3.77. The summed E-state index contributed by atoms with van der Waals surface area (Å²) in [7, 11) is 0. The van der Waals surface area contributed by atoms with Gasteiger partial charge in [0, 0.05) is 6.20 Å². The van der Waals surface area contributed by atoms with Gasteiger partial charge in [0.05, 0.1) is 23.5 Å². The lowest BCUT2D eigenvalue weighted by atomic mass is 10.1. The fourth-order valence-corrected chi connectivity index (χ4v) is 0.937. The van der Waals surface area contributed by atoms with Crippen molar-refractivity contribution in [2.45, 2.75) is 19.1 Å². The fourth-order valence-electron chi connectivity index (χ4n) is 0.937. The van der Waals surface area contributed by atoms with Crippen LogP contribution in [-0.2, 0) is 0 Å². The summed E-state index contributed by atoms with van der Waals surface area (Å²) in [4.78, 5) is 3.99. The third kappa shape index (κ3) is 1.72. The minimum atomic E-state index is -0.637. The summed E-state index contributed by atoms with van der Waals surface area (Å²) in [5, 5.41) is 9.18. The van der Waals surface area contributed by atoms with Crippen molar-refractivity contribution >= 4 is 5.69 Å². The zero-order chi connectivity index (χ0) is 9.14. The smallest absolute Gasteiger partial charge is 0.0826 e. The molecule has 5 N–H and O–H groups in total. The molecule has 4 heteroatoms. The molecule has 1 rings (SSSR count). The number of pyridine rings is 1. The van der Waals surface area contributed by atoms with E-state index in [2.05, 4.69) is 4.98 Å². The minimum absolute atomic E-state index is 0.508. The lowest BCUT2D eigenvalue weighted by Gasteiger charge is -2.15. The first kappa shape index (κ1) is 8.96. The number of hydrogen-bond donors (Lipinski definition) is 3. The fraction of sp³-hybridized carbons (Fsp3) is 0.375. The molecule has 4 nitrogen and oxygen atoms in total. The van der Waals surface area contributed by atoms with Gasteiger partial charge >= 0.3 is 0 Å². The Morgan fingerprint density at radius 2 is 2.25 bits per heavy atom. The van der Waals surface area contributed by atoms with Crippen molar-refractivity contribution in [2.24, 2.45) is 5.73 Å². The Morgan fingerprint density at radius 3 is 2.75 bits per heavy atom. The van der Waals surface area contributed by atoms with Crippen molar-refractivity contribution in [3.63, 3.8) is 0 Å². The predicted octanol–water partition coefficient (Wildman–Crippen LogP) is 0.0444.